The number of nitrogens with zero attached hydrogens (tertiary/aromatic N) is 4. The van der Waals surface area contributed by atoms with Crippen LogP contribution in [0.25, 0.3) is 123 Å². The van der Waals surface area contributed by atoms with Crippen LogP contribution in [0.15, 0.2) is 231 Å². The Hall–Kier alpha value is -9.04. The number of nitriles is 1. The van der Waals surface area contributed by atoms with Crippen molar-refractivity contribution in [2.24, 2.45) is 0 Å². The van der Waals surface area contributed by atoms with E-state index >= 15 is 0 Å². The van der Waals surface area contributed by atoms with Gasteiger partial charge in [-0.25, -0.2) is 15.0 Å². The van der Waals surface area contributed by atoms with Gasteiger partial charge < -0.3 is 0 Å². The van der Waals surface area contributed by atoms with Gasteiger partial charge in [0.25, 0.3) is 0 Å². The first-order chi connectivity index (χ1) is 32.7. The fourth-order valence-electron chi connectivity index (χ4n) is 9.60. The lowest BCUT2D eigenvalue weighted by molar-refractivity contribution is 1.07. The molecule has 1 heterocycles. The summed E-state index contributed by atoms with van der Waals surface area (Å²) < 4.78 is 0. The summed E-state index contributed by atoms with van der Waals surface area (Å²) in [5, 5.41) is 13.3. The largest absolute Gasteiger partial charge is 0.208 e. The number of rotatable bonds is 8. The Kier molecular flexibility index (Phi) is 9.51. The second-order valence-corrected chi connectivity index (χ2v) is 16.6. The second-order valence-electron chi connectivity index (χ2n) is 16.6. The number of fused-ring (bicyclic) bond motifs is 3. The molecular formula is C62H38N4. The highest BCUT2D eigenvalue weighted by molar-refractivity contribution is 6.16. The molecule has 0 unspecified atom stereocenters. The van der Waals surface area contributed by atoms with E-state index in [1.807, 2.05) is 60.7 Å². The Balaban J connectivity index is 0.951. The summed E-state index contributed by atoms with van der Waals surface area (Å²) in [5.41, 5.74) is 18.8. The zero-order chi connectivity index (χ0) is 44.0. The molecule has 1 aliphatic carbocycles. The predicted octanol–water partition coefficient (Wildman–Crippen LogP) is 15.9. The molecule has 10 aromatic carbocycles. The molecule has 4 heteroatoms. The van der Waals surface area contributed by atoms with Crippen LogP contribution < -0.4 is 0 Å². The van der Waals surface area contributed by atoms with E-state index in [0.29, 0.717) is 23.0 Å². The predicted molar refractivity (Wildman–Crippen MR) is 270 cm³/mol. The van der Waals surface area contributed by atoms with Crippen LogP contribution in [0.3, 0.4) is 0 Å². The molecule has 66 heavy (non-hydrogen) atoms. The van der Waals surface area contributed by atoms with Gasteiger partial charge in [-0.3, -0.25) is 0 Å². The molecule has 306 valence electrons. The number of hydrogen-bond acceptors (Lipinski definition) is 4. The van der Waals surface area contributed by atoms with Crippen LogP contribution in [0.2, 0.25) is 0 Å². The summed E-state index contributed by atoms with van der Waals surface area (Å²) >= 11 is 0. The van der Waals surface area contributed by atoms with E-state index in [-0.39, 0.29) is 0 Å². The highest BCUT2D eigenvalue weighted by Gasteiger charge is 2.23. The van der Waals surface area contributed by atoms with E-state index in [0.717, 1.165) is 66.8 Å². The molecule has 0 amide bonds. The standard InChI is InChI=1S/C62H38N4/c63-39-49-24-14-29-52(46-21-12-23-48(36-46)62-65-60(42-17-5-2-6-18-42)64-61(66-62)43-33-31-41(32-34-43)40-15-3-1-4-16-40)59(49)55-28-10-7-25-51(55)45-20-11-19-44(35-45)50-37-47-22-13-30-56-53-26-8-9-27-54(53)57(38-50)58(47)56/h1-38H. The fourth-order valence-corrected chi connectivity index (χ4v) is 9.60. The molecule has 0 bridgehead atoms. The summed E-state index contributed by atoms with van der Waals surface area (Å²) in [7, 11) is 0. The minimum atomic E-state index is 0.565. The van der Waals surface area contributed by atoms with Crippen LogP contribution in [0.5, 0.6) is 0 Å². The van der Waals surface area contributed by atoms with Crippen LogP contribution in [-0.4, -0.2) is 15.0 Å². The molecule has 12 rings (SSSR count). The lowest BCUT2D eigenvalue weighted by atomic mass is 9.85. The molecule has 0 fully saturated rings. The minimum absolute atomic E-state index is 0.565. The smallest absolute Gasteiger partial charge is 0.164 e. The number of benzene rings is 10. The van der Waals surface area contributed by atoms with Crippen molar-refractivity contribution in [3.8, 4) is 118 Å². The minimum Gasteiger partial charge on any atom is -0.208 e. The molecule has 0 N–H and O–H groups in total. The molecule has 4 nitrogen and oxygen atoms in total. The average Bonchev–Trinajstić information content (AvgIpc) is 3.73. The SMILES string of the molecule is N#Cc1cccc(-c2cccc(-c3nc(-c4ccccc4)nc(-c4ccc(-c5ccccc5)cc4)n3)c2)c1-c1ccccc1-c1cccc(-c2cc3c4c(cccc4c2)-c2ccccc2-3)c1. The van der Waals surface area contributed by atoms with E-state index < -0.39 is 0 Å². The Morgan fingerprint density at radius 1 is 0.273 bits per heavy atom. The molecule has 0 saturated carbocycles. The monoisotopic (exact) mass is 838 g/mol. The van der Waals surface area contributed by atoms with Gasteiger partial charge >= 0.3 is 0 Å². The van der Waals surface area contributed by atoms with E-state index in [1.165, 1.54) is 38.6 Å². The molecule has 0 radical (unpaired) electrons. The molecular weight excluding hydrogens is 801 g/mol. The third-order valence-electron chi connectivity index (χ3n) is 12.7. The van der Waals surface area contributed by atoms with Gasteiger partial charge in [0, 0.05) is 22.3 Å². The summed E-state index contributed by atoms with van der Waals surface area (Å²) in [6, 6.07) is 82.8. The Labute approximate surface area is 383 Å². The van der Waals surface area contributed by atoms with E-state index in [9.17, 15) is 5.26 Å². The third kappa shape index (κ3) is 6.84. The summed E-state index contributed by atoms with van der Waals surface area (Å²) in [6.45, 7) is 0. The molecule has 0 atom stereocenters. The summed E-state index contributed by atoms with van der Waals surface area (Å²) in [6.07, 6.45) is 0. The van der Waals surface area contributed by atoms with Gasteiger partial charge in [-0.1, -0.05) is 200 Å². The average molecular weight is 839 g/mol. The van der Waals surface area contributed by atoms with Gasteiger partial charge in [0.15, 0.2) is 17.5 Å². The third-order valence-corrected chi connectivity index (χ3v) is 12.7. The maximum atomic E-state index is 10.7. The normalized spacial score (nSPS) is 11.3. The maximum Gasteiger partial charge on any atom is 0.164 e. The number of aromatic nitrogens is 3. The topological polar surface area (TPSA) is 62.5 Å². The van der Waals surface area contributed by atoms with Crippen LogP contribution in [0, 0.1) is 11.3 Å². The van der Waals surface area contributed by atoms with E-state index in [4.69, 9.17) is 15.0 Å². The van der Waals surface area contributed by atoms with Crippen molar-refractivity contribution in [1.29, 1.82) is 5.26 Å². The quantitative estimate of drug-likeness (QED) is 0.153. The van der Waals surface area contributed by atoms with Crippen LogP contribution in [0.4, 0.5) is 0 Å². The van der Waals surface area contributed by atoms with Gasteiger partial charge in [-0.05, 0) is 113 Å². The highest BCUT2D eigenvalue weighted by atomic mass is 15.0. The van der Waals surface area contributed by atoms with Crippen molar-refractivity contribution in [3.63, 3.8) is 0 Å². The maximum absolute atomic E-state index is 10.7. The first kappa shape index (κ1) is 38.6. The van der Waals surface area contributed by atoms with Crippen LogP contribution in [-0.2, 0) is 0 Å². The lowest BCUT2D eigenvalue weighted by Gasteiger charge is -2.17. The van der Waals surface area contributed by atoms with E-state index in [1.54, 1.807) is 0 Å². The fraction of sp³-hybridized carbons (Fsp3) is 0. The van der Waals surface area contributed by atoms with Crippen molar-refractivity contribution in [2.75, 3.05) is 0 Å². The highest BCUT2D eigenvalue weighted by Crippen LogP contribution is 2.49. The van der Waals surface area contributed by atoms with Gasteiger partial charge in [0.2, 0.25) is 0 Å². The molecule has 0 aliphatic heterocycles. The Morgan fingerprint density at radius 2 is 0.727 bits per heavy atom. The molecule has 1 aliphatic rings. The van der Waals surface area contributed by atoms with Crippen molar-refractivity contribution < 1.29 is 0 Å². The van der Waals surface area contributed by atoms with Crippen molar-refractivity contribution in [1.82, 2.24) is 15.0 Å². The number of hydrogen-bond donors (Lipinski definition) is 0. The van der Waals surface area contributed by atoms with Gasteiger partial charge in [-0.2, -0.15) is 5.26 Å². The van der Waals surface area contributed by atoms with Crippen molar-refractivity contribution >= 4 is 10.8 Å². The zero-order valence-corrected chi connectivity index (χ0v) is 35.7. The Morgan fingerprint density at radius 3 is 1.44 bits per heavy atom. The van der Waals surface area contributed by atoms with Gasteiger partial charge in [0.05, 0.1) is 11.6 Å². The van der Waals surface area contributed by atoms with Gasteiger partial charge in [0.1, 0.15) is 0 Å². The molecule has 0 saturated heterocycles. The lowest BCUT2D eigenvalue weighted by Crippen LogP contribution is -2.00. The second kappa shape index (κ2) is 16.3. The van der Waals surface area contributed by atoms with Crippen LogP contribution >= 0.6 is 0 Å². The Bertz CT molecular complexity index is 3700. The molecule has 0 spiro atoms. The van der Waals surface area contributed by atoms with Crippen molar-refractivity contribution in [2.45, 2.75) is 0 Å². The van der Waals surface area contributed by atoms with Crippen LogP contribution in [0.1, 0.15) is 5.56 Å². The zero-order valence-electron chi connectivity index (χ0n) is 35.7. The first-order valence-corrected chi connectivity index (χ1v) is 22.1. The molecule has 1 aromatic heterocycles. The van der Waals surface area contributed by atoms with Crippen molar-refractivity contribution in [3.05, 3.63) is 236 Å². The summed E-state index contributed by atoms with van der Waals surface area (Å²) in [4.78, 5) is 15.2. The summed E-state index contributed by atoms with van der Waals surface area (Å²) in [5.74, 6) is 1.75. The first-order valence-electron chi connectivity index (χ1n) is 22.1. The van der Waals surface area contributed by atoms with Gasteiger partial charge in [-0.15, -0.1) is 0 Å². The van der Waals surface area contributed by atoms with E-state index in [2.05, 4.69) is 176 Å². The molecule has 11 aromatic rings.